The molecule has 0 bridgehead atoms. The molecule has 0 spiro atoms. The second kappa shape index (κ2) is 50.4. The van der Waals surface area contributed by atoms with Crippen molar-refractivity contribution in [2.45, 2.75) is 336 Å². The lowest BCUT2D eigenvalue weighted by atomic mass is 9.91. The van der Waals surface area contributed by atoms with Gasteiger partial charge in [0.15, 0.2) is 0 Å². The molecule has 2 rings (SSSR count). The minimum atomic E-state index is 0.953. The van der Waals surface area contributed by atoms with Gasteiger partial charge in [0.1, 0.15) is 0 Å². The summed E-state index contributed by atoms with van der Waals surface area (Å²) in [6.07, 6.45) is 70.9. The van der Waals surface area contributed by atoms with E-state index in [1.165, 1.54) is 307 Å². The van der Waals surface area contributed by atoms with Crippen molar-refractivity contribution in [2.24, 2.45) is 35.5 Å². The first-order valence-electron chi connectivity index (χ1n) is 33.1. The van der Waals surface area contributed by atoms with Crippen molar-refractivity contribution in [1.82, 2.24) is 9.80 Å². The monoisotopic (exact) mass is 1020 g/mol. The van der Waals surface area contributed by atoms with Crippen LogP contribution in [0, 0.1) is 35.5 Å². The molecule has 0 aromatic carbocycles. The van der Waals surface area contributed by atoms with Gasteiger partial charge in [-0.1, -0.05) is 332 Å². The highest BCUT2D eigenvalue weighted by molar-refractivity contribution is 8.76. The summed E-state index contributed by atoms with van der Waals surface area (Å²) in [5, 5.41) is 0. The lowest BCUT2D eigenvalue weighted by Gasteiger charge is -2.22. The zero-order valence-corrected chi connectivity index (χ0v) is 51.0. The summed E-state index contributed by atoms with van der Waals surface area (Å²) >= 11 is 0. The third-order valence-electron chi connectivity index (χ3n) is 17.8. The summed E-state index contributed by atoms with van der Waals surface area (Å²) in [5.41, 5.74) is 0. The third-order valence-corrected chi connectivity index (χ3v) is 20.2. The van der Waals surface area contributed by atoms with E-state index >= 15 is 0 Å². The predicted molar refractivity (Wildman–Crippen MR) is 325 cm³/mol. The van der Waals surface area contributed by atoms with Crippen LogP contribution in [0.3, 0.4) is 0 Å². The molecule has 418 valence electrons. The second-order valence-electron chi connectivity index (χ2n) is 24.7. The molecule has 2 fully saturated rings. The number of hydrogen-bond acceptors (Lipinski definition) is 4. The molecule has 0 aliphatic heterocycles. The molecule has 6 atom stereocenters. The van der Waals surface area contributed by atoms with Crippen LogP contribution in [-0.4, -0.2) is 61.6 Å². The lowest BCUT2D eigenvalue weighted by molar-refractivity contribution is 0.290. The van der Waals surface area contributed by atoms with Gasteiger partial charge in [-0.2, -0.15) is 0 Å². The van der Waals surface area contributed by atoms with E-state index in [4.69, 9.17) is 0 Å². The molecule has 4 heteroatoms. The quantitative estimate of drug-likeness (QED) is 0.0442. The minimum absolute atomic E-state index is 0.953. The molecule has 0 N–H and O–H groups in total. The van der Waals surface area contributed by atoms with Crippen molar-refractivity contribution in [2.75, 3.05) is 51.8 Å². The predicted octanol–water partition coefficient (Wildman–Crippen LogP) is 22.8. The van der Waals surface area contributed by atoms with Crippen LogP contribution in [0.5, 0.6) is 0 Å². The maximum atomic E-state index is 2.67. The van der Waals surface area contributed by atoms with Gasteiger partial charge >= 0.3 is 0 Å². The maximum absolute atomic E-state index is 2.67. The van der Waals surface area contributed by atoms with Gasteiger partial charge in [-0.25, -0.2) is 0 Å². The van der Waals surface area contributed by atoms with E-state index in [0.29, 0.717) is 0 Å². The molecule has 0 amide bonds. The first kappa shape index (κ1) is 66.7. The molecule has 6 unspecified atom stereocenters. The fourth-order valence-corrected chi connectivity index (χ4v) is 14.5. The van der Waals surface area contributed by atoms with Crippen LogP contribution in [0.1, 0.15) is 336 Å². The molecule has 2 saturated carbocycles. The lowest BCUT2D eigenvalue weighted by Crippen LogP contribution is -2.25. The van der Waals surface area contributed by atoms with Crippen LogP contribution in [0.25, 0.3) is 0 Å². The number of rotatable bonds is 59. The van der Waals surface area contributed by atoms with E-state index in [1.807, 2.05) is 0 Å². The Morgan fingerprint density at radius 1 is 0.286 bits per heavy atom. The Bertz CT molecular complexity index is 958. The van der Waals surface area contributed by atoms with Crippen LogP contribution in [-0.2, 0) is 0 Å². The van der Waals surface area contributed by atoms with Crippen molar-refractivity contribution in [1.29, 1.82) is 0 Å². The molecule has 2 aliphatic carbocycles. The highest BCUT2D eigenvalue weighted by atomic mass is 33.1. The van der Waals surface area contributed by atoms with Gasteiger partial charge in [-0.15, -0.1) is 0 Å². The molecule has 0 saturated heterocycles. The normalized spacial score (nSPS) is 18.7. The number of unbranched alkanes of at least 4 members (excludes halogenated alkanes) is 30. The summed E-state index contributed by atoms with van der Waals surface area (Å²) in [4.78, 5) is 5.34. The van der Waals surface area contributed by atoms with E-state index in [-0.39, 0.29) is 0 Å². The average molecular weight is 1020 g/mol. The van der Waals surface area contributed by atoms with E-state index in [1.54, 1.807) is 38.5 Å². The number of hydrogen-bond donors (Lipinski definition) is 0. The van der Waals surface area contributed by atoms with Crippen molar-refractivity contribution >= 4 is 21.6 Å². The van der Waals surface area contributed by atoms with Gasteiger partial charge in [0.05, 0.1) is 0 Å². The van der Waals surface area contributed by atoms with Crippen LogP contribution in [0.2, 0.25) is 0 Å². The molecular weight excluding hydrogens is 885 g/mol. The van der Waals surface area contributed by atoms with E-state index in [9.17, 15) is 0 Å². The molecule has 0 aromatic heterocycles. The van der Waals surface area contributed by atoms with Crippen LogP contribution in [0.4, 0.5) is 0 Å². The highest BCUT2D eigenvalue weighted by Crippen LogP contribution is 2.46. The summed E-state index contributed by atoms with van der Waals surface area (Å²) in [7, 11) is 9.10. The van der Waals surface area contributed by atoms with E-state index in [2.05, 4.69) is 73.2 Å². The van der Waals surface area contributed by atoms with Crippen molar-refractivity contribution in [3.05, 3.63) is 0 Å². The third kappa shape index (κ3) is 42.8. The largest absolute Gasteiger partial charge is 0.306 e. The van der Waals surface area contributed by atoms with E-state index in [0.717, 1.165) is 35.5 Å². The first-order valence-corrected chi connectivity index (χ1v) is 35.6. The number of nitrogens with zero attached hydrogens (tertiary/aromatic N) is 2. The van der Waals surface area contributed by atoms with Gasteiger partial charge in [0.2, 0.25) is 0 Å². The minimum Gasteiger partial charge on any atom is -0.306 e. The fourth-order valence-electron chi connectivity index (χ4n) is 12.3. The Balaban J connectivity index is 1.55. The smallest absolute Gasteiger partial charge is 0.0165 e. The first-order chi connectivity index (χ1) is 34.5. The van der Waals surface area contributed by atoms with Gasteiger partial charge in [0, 0.05) is 24.6 Å². The molecule has 0 aromatic rings. The highest BCUT2D eigenvalue weighted by Gasteiger charge is 2.35. The molecule has 0 radical (unpaired) electrons. The fraction of sp³-hybridized carbons (Fsp3) is 1.00. The average Bonchev–Trinajstić information content (AvgIpc) is 4.30. The zero-order chi connectivity index (χ0) is 50.2. The topological polar surface area (TPSA) is 6.48 Å². The van der Waals surface area contributed by atoms with Crippen LogP contribution in [0.15, 0.2) is 0 Å². The Kier molecular flexibility index (Phi) is 48.1. The molecule has 2 aliphatic rings. The summed E-state index contributed by atoms with van der Waals surface area (Å²) in [6.45, 7) is 14.4. The summed E-state index contributed by atoms with van der Waals surface area (Å²) < 4.78 is 0. The molecule has 2 nitrogen and oxygen atoms in total. The van der Waals surface area contributed by atoms with Crippen LogP contribution >= 0.6 is 21.6 Å². The zero-order valence-electron chi connectivity index (χ0n) is 49.4. The second-order valence-corrected chi connectivity index (χ2v) is 27.4. The van der Waals surface area contributed by atoms with Gasteiger partial charge in [-0.3, -0.25) is 0 Å². The molecule has 70 heavy (non-hydrogen) atoms. The Morgan fingerprint density at radius 2 is 0.514 bits per heavy atom. The van der Waals surface area contributed by atoms with Gasteiger partial charge < -0.3 is 9.80 Å². The summed E-state index contributed by atoms with van der Waals surface area (Å²) in [5.74, 6) is 8.90. The summed E-state index contributed by atoms with van der Waals surface area (Å²) in [6, 6.07) is 0. The van der Waals surface area contributed by atoms with Crippen molar-refractivity contribution in [3.8, 4) is 0 Å². The molecule has 0 heterocycles. The maximum Gasteiger partial charge on any atom is 0.0165 e. The SMILES string of the molecule is CCCCCCCCCC(CCCCCCCC1CC1CCCCCCCC)CCN(C)CCSSCCN(C)CCC(CCCCCCCCC)CCCCCCCC1CC1CCCCCCCC. The Morgan fingerprint density at radius 3 is 0.771 bits per heavy atom. The van der Waals surface area contributed by atoms with Crippen molar-refractivity contribution in [3.63, 3.8) is 0 Å². The standard InChI is InChI=1S/C66H132N2S2/c1-7-11-15-19-23-27-35-43-61(45-37-29-25-33-41-49-65-59-63(65)47-39-31-21-17-13-9-3)51-53-67(5)55-57-69-70-58-56-68(6)54-52-62(44-36-28-24-20-16-12-8-2)46-38-30-26-34-42-50-66-60-64(66)48-40-32-22-18-14-10-4/h61-66H,7-60H2,1-6H3. The van der Waals surface area contributed by atoms with Gasteiger partial charge in [-0.05, 0) is 88.4 Å². The molecular formula is C66H132N2S2. The van der Waals surface area contributed by atoms with Crippen LogP contribution < -0.4 is 0 Å². The van der Waals surface area contributed by atoms with E-state index < -0.39 is 0 Å². The van der Waals surface area contributed by atoms with Crippen molar-refractivity contribution < 1.29 is 0 Å². The Hall–Kier alpha value is 0.620. The van der Waals surface area contributed by atoms with Gasteiger partial charge in [0.25, 0.3) is 0 Å². The Labute approximate surface area is 452 Å².